The van der Waals surface area contributed by atoms with E-state index in [1.807, 2.05) is 12.1 Å². The normalized spacial score (nSPS) is 21.1. The van der Waals surface area contributed by atoms with E-state index in [1.54, 1.807) is 0 Å². The van der Waals surface area contributed by atoms with Gasteiger partial charge in [-0.15, -0.1) is 16.7 Å². The van der Waals surface area contributed by atoms with Crippen LogP contribution in [0.4, 0.5) is 5.82 Å². The van der Waals surface area contributed by atoms with E-state index < -0.39 is 0 Å². The minimum atomic E-state index is 0.435. The van der Waals surface area contributed by atoms with Crippen molar-refractivity contribution in [3.05, 3.63) is 17.8 Å². The van der Waals surface area contributed by atoms with Gasteiger partial charge in [-0.1, -0.05) is 6.92 Å². The van der Waals surface area contributed by atoms with Crippen molar-refractivity contribution in [2.24, 2.45) is 0 Å². The number of halogens is 1. The number of rotatable bonds is 3. The fourth-order valence-electron chi connectivity index (χ4n) is 2.30. The zero-order valence-electron chi connectivity index (χ0n) is 9.69. The number of hydrogen-bond acceptors (Lipinski definition) is 3. The quantitative estimate of drug-likeness (QED) is 0.760. The summed E-state index contributed by atoms with van der Waals surface area (Å²) in [5.41, 5.74) is 0.843. The zero-order chi connectivity index (χ0) is 11.4. The van der Waals surface area contributed by atoms with Crippen LogP contribution in [0.3, 0.4) is 0 Å². The molecule has 0 saturated carbocycles. The molecule has 0 N–H and O–H groups in total. The van der Waals surface area contributed by atoms with Crippen LogP contribution in [-0.4, -0.2) is 22.8 Å². The molecular weight excluding hydrogens is 222 g/mol. The molecule has 0 spiro atoms. The summed E-state index contributed by atoms with van der Waals surface area (Å²) >= 11 is 5.70. The van der Waals surface area contributed by atoms with Crippen LogP contribution in [0.2, 0.25) is 0 Å². The predicted octanol–water partition coefficient (Wildman–Crippen LogP) is 2.98. The second-order valence-electron chi connectivity index (χ2n) is 4.27. The van der Waals surface area contributed by atoms with E-state index in [2.05, 4.69) is 22.0 Å². The van der Waals surface area contributed by atoms with E-state index in [0.29, 0.717) is 11.9 Å². The van der Waals surface area contributed by atoms with Gasteiger partial charge >= 0.3 is 0 Å². The van der Waals surface area contributed by atoms with Crippen molar-refractivity contribution >= 4 is 17.4 Å². The van der Waals surface area contributed by atoms with Crippen molar-refractivity contribution in [3.63, 3.8) is 0 Å². The van der Waals surface area contributed by atoms with Crippen molar-refractivity contribution in [2.45, 2.75) is 44.5 Å². The predicted molar refractivity (Wildman–Crippen MR) is 66.9 cm³/mol. The first-order valence-electron chi connectivity index (χ1n) is 6.00. The molecule has 1 saturated heterocycles. The van der Waals surface area contributed by atoms with Gasteiger partial charge < -0.3 is 4.90 Å². The van der Waals surface area contributed by atoms with E-state index in [-0.39, 0.29) is 0 Å². The molecule has 0 aliphatic carbocycles. The molecule has 88 valence electrons. The molecule has 0 bridgehead atoms. The Balaban J connectivity index is 2.14. The molecule has 1 atom stereocenters. The highest BCUT2D eigenvalue weighted by atomic mass is 35.5. The largest absolute Gasteiger partial charge is 0.352 e. The monoisotopic (exact) mass is 239 g/mol. The van der Waals surface area contributed by atoms with E-state index >= 15 is 0 Å². The van der Waals surface area contributed by atoms with Crippen LogP contribution in [-0.2, 0) is 5.88 Å². The lowest BCUT2D eigenvalue weighted by atomic mass is 10.0. The van der Waals surface area contributed by atoms with Crippen LogP contribution in [0.1, 0.15) is 38.3 Å². The van der Waals surface area contributed by atoms with Crippen LogP contribution in [0.5, 0.6) is 0 Å². The van der Waals surface area contributed by atoms with E-state index in [4.69, 9.17) is 11.6 Å². The molecular formula is C12H18ClN3. The maximum Gasteiger partial charge on any atom is 0.151 e. The lowest BCUT2D eigenvalue weighted by molar-refractivity contribution is 0.445. The van der Waals surface area contributed by atoms with Gasteiger partial charge in [0.05, 0.1) is 11.6 Å². The summed E-state index contributed by atoms with van der Waals surface area (Å²) in [5, 5.41) is 8.38. The molecule has 2 rings (SSSR count). The molecule has 4 heteroatoms. The van der Waals surface area contributed by atoms with Gasteiger partial charge in [-0.2, -0.15) is 5.10 Å². The van der Waals surface area contributed by atoms with Gasteiger partial charge in [0.25, 0.3) is 0 Å². The number of piperidine rings is 1. The summed E-state index contributed by atoms with van der Waals surface area (Å²) in [6.07, 6.45) is 5.05. The molecule has 0 aromatic carbocycles. The zero-order valence-corrected chi connectivity index (χ0v) is 10.5. The van der Waals surface area contributed by atoms with E-state index in [1.165, 1.54) is 25.7 Å². The van der Waals surface area contributed by atoms with Gasteiger partial charge in [-0.25, -0.2) is 0 Å². The minimum Gasteiger partial charge on any atom is -0.352 e. The van der Waals surface area contributed by atoms with Crippen LogP contribution in [0.25, 0.3) is 0 Å². The molecule has 0 radical (unpaired) electrons. The maximum absolute atomic E-state index is 5.70. The minimum absolute atomic E-state index is 0.435. The lowest BCUT2D eigenvalue weighted by Gasteiger charge is -2.35. The summed E-state index contributed by atoms with van der Waals surface area (Å²) in [6, 6.07) is 4.64. The van der Waals surface area contributed by atoms with Gasteiger partial charge in [0.1, 0.15) is 0 Å². The van der Waals surface area contributed by atoms with Crippen LogP contribution in [0, 0.1) is 0 Å². The average Bonchev–Trinajstić information content (AvgIpc) is 2.39. The molecule has 1 fully saturated rings. The average molecular weight is 240 g/mol. The summed E-state index contributed by atoms with van der Waals surface area (Å²) in [7, 11) is 0. The Hall–Kier alpha value is -0.830. The number of nitrogens with zero attached hydrogens (tertiary/aromatic N) is 3. The SMILES string of the molecule is CCC1CCCCN1c1ccc(CCl)nn1. The molecule has 1 aromatic heterocycles. The van der Waals surface area contributed by atoms with Gasteiger partial charge in [0.2, 0.25) is 0 Å². The summed E-state index contributed by atoms with van der Waals surface area (Å²) in [6.45, 7) is 3.34. The Morgan fingerprint density at radius 1 is 1.38 bits per heavy atom. The van der Waals surface area contributed by atoms with Crippen LogP contribution < -0.4 is 4.90 Å². The van der Waals surface area contributed by atoms with Gasteiger partial charge in [-0.3, -0.25) is 0 Å². The molecule has 3 nitrogen and oxygen atoms in total. The molecule has 0 amide bonds. The Kier molecular flexibility index (Phi) is 3.99. The lowest BCUT2D eigenvalue weighted by Crippen LogP contribution is -2.39. The molecule has 2 heterocycles. The van der Waals surface area contributed by atoms with Crippen molar-refractivity contribution in [1.29, 1.82) is 0 Å². The Labute approximate surface area is 102 Å². The smallest absolute Gasteiger partial charge is 0.151 e. The first-order valence-corrected chi connectivity index (χ1v) is 6.53. The van der Waals surface area contributed by atoms with Gasteiger partial charge in [0, 0.05) is 12.6 Å². The summed E-state index contributed by atoms with van der Waals surface area (Å²) in [4.78, 5) is 2.38. The number of anilines is 1. The van der Waals surface area contributed by atoms with E-state index in [9.17, 15) is 0 Å². The third kappa shape index (κ3) is 2.46. The van der Waals surface area contributed by atoms with Crippen molar-refractivity contribution in [1.82, 2.24) is 10.2 Å². The second-order valence-corrected chi connectivity index (χ2v) is 4.54. The van der Waals surface area contributed by atoms with E-state index in [0.717, 1.165) is 18.1 Å². The first-order chi connectivity index (χ1) is 7.85. The highest BCUT2D eigenvalue weighted by molar-refractivity contribution is 6.16. The van der Waals surface area contributed by atoms with Gasteiger partial charge in [0.15, 0.2) is 5.82 Å². The van der Waals surface area contributed by atoms with Crippen molar-refractivity contribution < 1.29 is 0 Å². The van der Waals surface area contributed by atoms with Crippen LogP contribution >= 0.6 is 11.6 Å². The standard InChI is InChI=1S/C12H18ClN3/c1-2-11-5-3-4-8-16(11)12-7-6-10(9-13)14-15-12/h6-7,11H,2-5,8-9H2,1H3. The Bertz CT molecular complexity index is 326. The number of aromatic nitrogens is 2. The summed E-state index contributed by atoms with van der Waals surface area (Å²) in [5.74, 6) is 1.44. The molecule has 1 aliphatic rings. The fourth-order valence-corrected chi connectivity index (χ4v) is 2.45. The highest BCUT2D eigenvalue weighted by Gasteiger charge is 2.21. The maximum atomic E-state index is 5.70. The third-order valence-electron chi connectivity index (χ3n) is 3.24. The van der Waals surface area contributed by atoms with Crippen LogP contribution in [0.15, 0.2) is 12.1 Å². The topological polar surface area (TPSA) is 29.0 Å². The molecule has 16 heavy (non-hydrogen) atoms. The second kappa shape index (κ2) is 5.48. The first kappa shape index (κ1) is 11.6. The molecule has 1 aliphatic heterocycles. The third-order valence-corrected chi connectivity index (χ3v) is 3.51. The fraction of sp³-hybridized carbons (Fsp3) is 0.667. The number of hydrogen-bond donors (Lipinski definition) is 0. The molecule has 1 aromatic rings. The number of alkyl halides is 1. The van der Waals surface area contributed by atoms with Crippen molar-refractivity contribution in [3.8, 4) is 0 Å². The highest BCUT2D eigenvalue weighted by Crippen LogP contribution is 2.24. The van der Waals surface area contributed by atoms with Gasteiger partial charge in [-0.05, 0) is 37.8 Å². The summed E-state index contributed by atoms with van der Waals surface area (Å²) < 4.78 is 0. The molecule has 1 unspecified atom stereocenters. The Morgan fingerprint density at radius 3 is 2.88 bits per heavy atom. The Morgan fingerprint density at radius 2 is 2.25 bits per heavy atom. The van der Waals surface area contributed by atoms with Crippen molar-refractivity contribution in [2.75, 3.05) is 11.4 Å².